The molecule has 0 bridgehead atoms. The Bertz CT molecular complexity index is 1010. The van der Waals surface area contributed by atoms with Crippen LogP contribution in [0, 0.1) is 0 Å². The number of carboxylic acids is 1. The van der Waals surface area contributed by atoms with Gasteiger partial charge >= 0.3 is 12.1 Å². The van der Waals surface area contributed by atoms with E-state index in [1.54, 1.807) is 0 Å². The Morgan fingerprint density at radius 3 is 2.09 bits per heavy atom. The topological polar surface area (TPSA) is 105 Å². The lowest BCUT2D eigenvalue weighted by Gasteiger charge is -2.22. The molecule has 32 heavy (non-hydrogen) atoms. The minimum atomic E-state index is -2.77. The van der Waals surface area contributed by atoms with Crippen molar-refractivity contribution in [2.75, 3.05) is 6.61 Å². The van der Waals surface area contributed by atoms with E-state index in [1.165, 1.54) is 0 Å². The highest BCUT2D eigenvalue weighted by atomic mass is 19.3. The van der Waals surface area contributed by atoms with Crippen molar-refractivity contribution < 1.29 is 33.0 Å². The molecule has 168 valence electrons. The minimum absolute atomic E-state index is 0.0256. The van der Waals surface area contributed by atoms with E-state index in [-0.39, 0.29) is 25.4 Å². The number of alkyl halides is 2. The molecule has 2 aliphatic carbocycles. The summed E-state index contributed by atoms with van der Waals surface area (Å²) in [5.41, 5.74) is 2.43. The molecule has 0 heterocycles. The van der Waals surface area contributed by atoms with Crippen molar-refractivity contribution in [2.45, 2.75) is 43.2 Å². The number of aliphatic carboxylic acids is 1. The zero-order valence-corrected chi connectivity index (χ0v) is 17.0. The molecule has 2 aliphatic rings. The van der Waals surface area contributed by atoms with E-state index in [1.807, 2.05) is 48.5 Å². The van der Waals surface area contributed by atoms with Crippen molar-refractivity contribution in [3.63, 3.8) is 0 Å². The van der Waals surface area contributed by atoms with Crippen LogP contribution < -0.4 is 10.6 Å². The Hall–Kier alpha value is -3.49. The number of carbonyl (C=O) groups excluding carboxylic acids is 2. The van der Waals surface area contributed by atoms with E-state index in [9.17, 15) is 23.2 Å². The molecule has 9 heteroatoms. The van der Waals surface area contributed by atoms with Crippen LogP contribution in [0.3, 0.4) is 0 Å². The molecule has 1 unspecified atom stereocenters. The highest BCUT2D eigenvalue weighted by molar-refractivity contribution is 5.90. The van der Waals surface area contributed by atoms with Crippen LogP contribution in [0.2, 0.25) is 0 Å². The molecule has 1 saturated carbocycles. The molecule has 7 nitrogen and oxygen atoms in total. The van der Waals surface area contributed by atoms with Crippen LogP contribution in [-0.4, -0.2) is 47.7 Å². The Labute approximate surface area is 182 Å². The molecular formula is C23H22F2N2O5. The van der Waals surface area contributed by atoms with Gasteiger partial charge in [-0.3, -0.25) is 9.59 Å². The van der Waals surface area contributed by atoms with Gasteiger partial charge in [0.15, 0.2) is 0 Å². The number of hydrogen-bond donors (Lipinski definition) is 3. The van der Waals surface area contributed by atoms with Gasteiger partial charge in [-0.25, -0.2) is 13.6 Å². The average Bonchev–Trinajstić information content (AvgIpc) is 3.48. The van der Waals surface area contributed by atoms with Crippen LogP contribution in [0.25, 0.3) is 11.1 Å². The lowest BCUT2D eigenvalue weighted by molar-refractivity contribution is -0.140. The Morgan fingerprint density at radius 2 is 1.59 bits per heavy atom. The monoisotopic (exact) mass is 444 g/mol. The molecule has 0 saturated heterocycles. The Morgan fingerprint density at radius 1 is 1.03 bits per heavy atom. The molecule has 0 radical (unpaired) electrons. The van der Waals surface area contributed by atoms with E-state index in [0.717, 1.165) is 22.3 Å². The summed E-state index contributed by atoms with van der Waals surface area (Å²) >= 11 is 0. The van der Waals surface area contributed by atoms with Gasteiger partial charge in [-0.2, -0.15) is 0 Å². The third-order valence-corrected chi connectivity index (χ3v) is 5.91. The summed E-state index contributed by atoms with van der Waals surface area (Å²) in [5.74, 6) is -2.54. The first-order valence-corrected chi connectivity index (χ1v) is 10.2. The SMILES string of the molecule is O=C(O)CC(NC(=O)OCC1c2ccccc2-c2ccccc21)C(=O)NC1(C(F)F)CC1. The molecule has 1 fully saturated rings. The number of fused-ring (bicyclic) bond motifs is 3. The fourth-order valence-corrected chi connectivity index (χ4v) is 4.03. The first-order valence-electron chi connectivity index (χ1n) is 10.2. The number of carbonyl (C=O) groups is 3. The highest BCUT2D eigenvalue weighted by Crippen LogP contribution is 2.44. The van der Waals surface area contributed by atoms with Crippen molar-refractivity contribution in [3.8, 4) is 11.1 Å². The van der Waals surface area contributed by atoms with E-state index in [4.69, 9.17) is 9.84 Å². The van der Waals surface area contributed by atoms with Gasteiger partial charge in [-0.15, -0.1) is 0 Å². The first kappa shape index (κ1) is 21.7. The van der Waals surface area contributed by atoms with Gasteiger partial charge in [0, 0.05) is 5.92 Å². The summed E-state index contributed by atoms with van der Waals surface area (Å²) in [7, 11) is 0. The van der Waals surface area contributed by atoms with Crippen molar-refractivity contribution in [1.82, 2.24) is 10.6 Å². The third kappa shape index (κ3) is 4.28. The van der Waals surface area contributed by atoms with Crippen LogP contribution in [0.15, 0.2) is 48.5 Å². The number of halogens is 2. The second kappa shape index (κ2) is 8.57. The van der Waals surface area contributed by atoms with E-state index >= 15 is 0 Å². The fourth-order valence-electron chi connectivity index (χ4n) is 4.03. The van der Waals surface area contributed by atoms with Gasteiger partial charge in [0.2, 0.25) is 5.91 Å². The van der Waals surface area contributed by atoms with Crippen LogP contribution in [0.1, 0.15) is 36.3 Å². The van der Waals surface area contributed by atoms with Gasteiger partial charge in [-0.05, 0) is 35.1 Å². The van der Waals surface area contributed by atoms with Crippen LogP contribution >= 0.6 is 0 Å². The quantitative estimate of drug-likeness (QED) is 0.580. The van der Waals surface area contributed by atoms with E-state index < -0.39 is 42.4 Å². The molecule has 1 atom stereocenters. The summed E-state index contributed by atoms with van der Waals surface area (Å²) in [6.07, 6.45) is -4.32. The summed E-state index contributed by atoms with van der Waals surface area (Å²) in [4.78, 5) is 35.9. The van der Waals surface area contributed by atoms with E-state index in [2.05, 4.69) is 10.6 Å². The predicted octanol–water partition coefficient (Wildman–Crippen LogP) is 3.28. The van der Waals surface area contributed by atoms with Crippen LogP contribution in [0.5, 0.6) is 0 Å². The maximum atomic E-state index is 13.1. The lowest BCUT2D eigenvalue weighted by atomic mass is 9.98. The molecule has 2 amide bonds. The normalized spacial score (nSPS) is 16.6. The largest absolute Gasteiger partial charge is 0.481 e. The Kier molecular flexibility index (Phi) is 5.82. The molecule has 0 aliphatic heterocycles. The Balaban J connectivity index is 1.42. The second-order valence-electron chi connectivity index (χ2n) is 8.07. The number of alkyl carbamates (subject to hydrolysis) is 1. The van der Waals surface area contributed by atoms with Gasteiger partial charge < -0.3 is 20.5 Å². The second-order valence-corrected chi connectivity index (χ2v) is 8.07. The number of benzene rings is 2. The van der Waals surface area contributed by atoms with Crippen molar-refractivity contribution in [3.05, 3.63) is 59.7 Å². The number of amides is 2. The number of hydrogen-bond acceptors (Lipinski definition) is 4. The van der Waals surface area contributed by atoms with Crippen LogP contribution in [-0.2, 0) is 14.3 Å². The van der Waals surface area contributed by atoms with Gasteiger partial charge in [0.05, 0.1) is 6.42 Å². The van der Waals surface area contributed by atoms with Crippen molar-refractivity contribution in [1.29, 1.82) is 0 Å². The molecule has 0 aromatic heterocycles. The minimum Gasteiger partial charge on any atom is -0.481 e. The van der Waals surface area contributed by atoms with Crippen molar-refractivity contribution in [2.24, 2.45) is 0 Å². The summed E-state index contributed by atoms with van der Waals surface area (Å²) in [5, 5.41) is 13.5. The molecule has 3 N–H and O–H groups in total. The average molecular weight is 444 g/mol. The molecule has 0 spiro atoms. The maximum Gasteiger partial charge on any atom is 0.407 e. The smallest absolute Gasteiger partial charge is 0.407 e. The van der Waals surface area contributed by atoms with Crippen LogP contribution in [0.4, 0.5) is 13.6 Å². The van der Waals surface area contributed by atoms with Crippen molar-refractivity contribution >= 4 is 18.0 Å². The number of rotatable bonds is 8. The number of ether oxygens (including phenoxy) is 1. The number of nitrogens with one attached hydrogen (secondary N) is 2. The summed E-state index contributed by atoms with van der Waals surface area (Å²) < 4.78 is 31.6. The summed E-state index contributed by atoms with van der Waals surface area (Å²) in [6, 6.07) is 14.0. The van der Waals surface area contributed by atoms with Gasteiger partial charge in [-0.1, -0.05) is 48.5 Å². The van der Waals surface area contributed by atoms with E-state index in [0.29, 0.717) is 0 Å². The highest BCUT2D eigenvalue weighted by Gasteiger charge is 2.53. The molecular weight excluding hydrogens is 422 g/mol. The van der Waals surface area contributed by atoms with Gasteiger partial charge in [0.25, 0.3) is 6.43 Å². The predicted molar refractivity (Wildman–Crippen MR) is 110 cm³/mol. The zero-order valence-electron chi connectivity index (χ0n) is 17.0. The molecule has 2 aromatic rings. The molecule has 4 rings (SSSR count). The fraction of sp³-hybridized carbons (Fsp3) is 0.348. The zero-order chi connectivity index (χ0) is 22.9. The standard InChI is InChI=1S/C23H22F2N2O5/c24-21(25)23(9-10-23)27-20(30)18(11-19(28)29)26-22(31)32-12-17-15-7-3-1-5-13(15)14-6-2-4-8-16(14)17/h1-8,17-18,21H,9-12H2,(H,26,31)(H,27,30)(H,28,29). The molecule has 2 aromatic carbocycles. The maximum absolute atomic E-state index is 13.1. The third-order valence-electron chi connectivity index (χ3n) is 5.91. The van der Waals surface area contributed by atoms with Gasteiger partial charge in [0.1, 0.15) is 18.2 Å². The first-order chi connectivity index (χ1) is 15.3. The summed E-state index contributed by atoms with van der Waals surface area (Å²) in [6.45, 7) is -0.0256. The lowest BCUT2D eigenvalue weighted by Crippen LogP contribution is -2.53. The number of carboxylic acid groups (broad SMARTS) is 1.